The van der Waals surface area contributed by atoms with Crippen molar-refractivity contribution in [2.45, 2.75) is 43.8 Å². The van der Waals surface area contributed by atoms with Gasteiger partial charge < -0.3 is 5.32 Å². The summed E-state index contributed by atoms with van der Waals surface area (Å²) < 4.78 is 51.3. The first-order valence-electron chi connectivity index (χ1n) is 6.57. The first-order chi connectivity index (χ1) is 9.36. The Morgan fingerprint density at radius 1 is 1.15 bits per heavy atom. The van der Waals surface area contributed by atoms with Crippen LogP contribution in [0.1, 0.15) is 37.7 Å². The first-order valence-corrected chi connectivity index (χ1v) is 7.11. The Bertz CT molecular complexity index is 467. The number of hydrogen-bond donors (Lipinski definition) is 1. The molecule has 0 atom stereocenters. The predicted molar refractivity (Wildman–Crippen MR) is 71.6 cm³/mol. The molecule has 0 saturated heterocycles. The van der Waals surface area contributed by atoms with Gasteiger partial charge in [-0.3, -0.25) is 0 Å². The van der Waals surface area contributed by atoms with Gasteiger partial charge >= 0.3 is 6.18 Å². The van der Waals surface area contributed by atoms with Crippen LogP contribution in [-0.4, -0.2) is 11.4 Å². The zero-order valence-corrected chi connectivity index (χ0v) is 11.6. The first kappa shape index (κ1) is 15.4. The Morgan fingerprint density at radius 2 is 1.80 bits per heavy atom. The minimum absolute atomic E-state index is 0.0838. The van der Waals surface area contributed by atoms with E-state index in [0.29, 0.717) is 11.9 Å². The summed E-state index contributed by atoms with van der Waals surface area (Å²) in [6, 6.07) is 2.55. The quantitative estimate of drug-likeness (QED) is 0.598. The predicted octanol–water partition coefficient (Wildman–Crippen LogP) is 5.20. The molecule has 0 spiro atoms. The maximum absolute atomic E-state index is 13.8. The maximum Gasteiger partial charge on any atom is 0.416 e. The topological polar surface area (TPSA) is 12.0 Å². The maximum atomic E-state index is 13.8. The fourth-order valence-electron chi connectivity index (χ4n) is 2.60. The van der Waals surface area contributed by atoms with Crippen LogP contribution in [0, 0.1) is 5.82 Å². The van der Waals surface area contributed by atoms with Crippen molar-refractivity contribution < 1.29 is 17.6 Å². The van der Waals surface area contributed by atoms with Crippen molar-refractivity contribution in [1.82, 2.24) is 0 Å². The smallest absolute Gasteiger partial charge is 0.376 e. The van der Waals surface area contributed by atoms with E-state index < -0.39 is 23.1 Å². The Morgan fingerprint density at radius 3 is 2.30 bits per heavy atom. The van der Waals surface area contributed by atoms with Gasteiger partial charge in [-0.2, -0.15) is 13.2 Å². The van der Waals surface area contributed by atoms with Gasteiger partial charge in [-0.05, 0) is 31.0 Å². The molecule has 0 unspecified atom stereocenters. The molecule has 0 bridgehead atoms. The van der Waals surface area contributed by atoms with Crippen molar-refractivity contribution in [2.75, 3.05) is 11.2 Å². The second kappa shape index (κ2) is 5.80. The molecule has 0 aromatic heterocycles. The van der Waals surface area contributed by atoms with Crippen LogP contribution >= 0.6 is 11.6 Å². The number of halogens is 5. The van der Waals surface area contributed by atoms with Crippen LogP contribution < -0.4 is 5.32 Å². The molecule has 1 fully saturated rings. The summed E-state index contributed by atoms with van der Waals surface area (Å²) in [6.07, 6.45) is 0.155. The number of rotatable bonds is 3. The van der Waals surface area contributed by atoms with E-state index in [9.17, 15) is 17.6 Å². The highest BCUT2D eigenvalue weighted by molar-refractivity contribution is 6.18. The summed E-state index contributed by atoms with van der Waals surface area (Å²) in [5.41, 5.74) is -1.31. The van der Waals surface area contributed by atoms with Crippen LogP contribution in [0.4, 0.5) is 23.2 Å². The lowest BCUT2D eigenvalue weighted by Crippen LogP contribution is -2.42. The molecule has 0 heterocycles. The second-order valence-electron chi connectivity index (χ2n) is 5.29. The average molecular weight is 310 g/mol. The molecule has 0 amide bonds. The molecule has 0 radical (unpaired) electrons. The number of nitrogens with one attached hydrogen (secondary N) is 1. The normalized spacial score (nSPS) is 18.9. The van der Waals surface area contributed by atoms with Crippen LogP contribution in [0.15, 0.2) is 18.2 Å². The number of benzene rings is 1. The minimum Gasteiger partial charge on any atom is -0.376 e. The second-order valence-corrected chi connectivity index (χ2v) is 5.56. The molecule has 1 aromatic carbocycles. The van der Waals surface area contributed by atoms with Crippen molar-refractivity contribution in [2.24, 2.45) is 0 Å². The van der Waals surface area contributed by atoms with E-state index in [1.165, 1.54) is 0 Å². The van der Waals surface area contributed by atoms with Crippen LogP contribution in [0.5, 0.6) is 0 Å². The third-order valence-corrected chi connectivity index (χ3v) is 4.27. The summed E-state index contributed by atoms with van der Waals surface area (Å²) in [5.74, 6) is -0.581. The zero-order valence-electron chi connectivity index (χ0n) is 10.9. The van der Waals surface area contributed by atoms with Gasteiger partial charge in [0.2, 0.25) is 0 Å². The van der Waals surface area contributed by atoms with Crippen LogP contribution in [0.3, 0.4) is 0 Å². The third kappa shape index (κ3) is 3.37. The van der Waals surface area contributed by atoms with E-state index in [1.54, 1.807) is 0 Å². The largest absolute Gasteiger partial charge is 0.416 e. The molecular weight excluding hydrogens is 294 g/mol. The SMILES string of the molecule is Fc1cc(C(F)(F)F)ccc1NC1(CCl)CCCCC1. The van der Waals surface area contributed by atoms with Crippen LogP contribution in [0.2, 0.25) is 0 Å². The molecule has 1 N–H and O–H groups in total. The third-order valence-electron chi connectivity index (χ3n) is 3.76. The van der Waals surface area contributed by atoms with Gasteiger partial charge in [0.25, 0.3) is 0 Å². The molecule has 112 valence electrons. The fourth-order valence-corrected chi connectivity index (χ4v) is 2.93. The van der Waals surface area contributed by atoms with Crippen molar-refractivity contribution in [3.8, 4) is 0 Å². The van der Waals surface area contributed by atoms with E-state index in [4.69, 9.17) is 11.6 Å². The average Bonchev–Trinajstić information content (AvgIpc) is 2.41. The van der Waals surface area contributed by atoms with Crippen LogP contribution in [-0.2, 0) is 6.18 Å². The standard InChI is InChI=1S/C14H16ClF4N/c15-9-13(6-2-1-3-7-13)20-12-5-4-10(8-11(12)16)14(17,18)19/h4-5,8,20H,1-3,6-7,9H2. The number of alkyl halides is 4. The minimum atomic E-state index is -4.53. The van der Waals surface area contributed by atoms with Gasteiger partial charge in [0, 0.05) is 5.88 Å². The van der Waals surface area contributed by atoms with Gasteiger partial charge in [-0.25, -0.2) is 4.39 Å². The summed E-state index contributed by atoms with van der Waals surface area (Å²) in [4.78, 5) is 0. The van der Waals surface area contributed by atoms with E-state index in [1.807, 2.05) is 0 Å². The molecule has 6 heteroatoms. The van der Waals surface area contributed by atoms with E-state index >= 15 is 0 Å². The molecule has 1 nitrogen and oxygen atoms in total. The molecule has 20 heavy (non-hydrogen) atoms. The van der Waals surface area contributed by atoms with Gasteiger partial charge in [0.05, 0.1) is 16.8 Å². The lowest BCUT2D eigenvalue weighted by molar-refractivity contribution is -0.137. The molecule has 1 aromatic rings. The Hall–Kier alpha value is -0.970. The van der Waals surface area contributed by atoms with Crippen LogP contribution in [0.25, 0.3) is 0 Å². The molecule has 1 aliphatic rings. The molecule has 0 aliphatic heterocycles. The summed E-state index contributed by atoms with van der Waals surface area (Å²) >= 11 is 5.98. The Labute approximate surface area is 120 Å². The highest BCUT2D eigenvalue weighted by Crippen LogP contribution is 2.35. The van der Waals surface area contributed by atoms with Crippen molar-refractivity contribution >= 4 is 17.3 Å². The monoisotopic (exact) mass is 309 g/mol. The van der Waals surface area contributed by atoms with Crippen molar-refractivity contribution in [3.05, 3.63) is 29.6 Å². The van der Waals surface area contributed by atoms with Gasteiger partial charge in [0.15, 0.2) is 0 Å². The van der Waals surface area contributed by atoms with E-state index in [0.717, 1.165) is 44.2 Å². The van der Waals surface area contributed by atoms with Gasteiger partial charge in [-0.1, -0.05) is 19.3 Å². The molecule has 1 aliphatic carbocycles. The summed E-state index contributed by atoms with van der Waals surface area (Å²) in [7, 11) is 0. The summed E-state index contributed by atoms with van der Waals surface area (Å²) in [6.45, 7) is 0. The van der Waals surface area contributed by atoms with Crippen molar-refractivity contribution in [1.29, 1.82) is 0 Å². The lowest BCUT2D eigenvalue weighted by Gasteiger charge is -2.37. The Kier molecular flexibility index (Phi) is 4.47. The lowest BCUT2D eigenvalue weighted by atomic mass is 9.83. The zero-order chi connectivity index (χ0) is 14.8. The number of anilines is 1. The van der Waals surface area contributed by atoms with Gasteiger partial charge in [0.1, 0.15) is 5.82 Å². The molecular formula is C14H16ClF4N. The van der Waals surface area contributed by atoms with E-state index in [2.05, 4.69) is 5.32 Å². The van der Waals surface area contributed by atoms with Gasteiger partial charge in [-0.15, -0.1) is 11.6 Å². The highest BCUT2D eigenvalue weighted by Gasteiger charge is 2.34. The van der Waals surface area contributed by atoms with E-state index in [-0.39, 0.29) is 5.69 Å². The fraction of sp³-hybridized carbons (Fsp3) is 0.571. The summed E-state index contributed by atoms with van der Waals surface area (Å²) in [5, 5.41) is 3.02. The highest BCUT2D eigenvalue weighted by atomic mass is 35.5. The Balaban J connectivity index is 2.21. The van der Waals surface area contributed by atoms with Crippen molar-refractivity contribution in [3.63, 3.8) is 0 Å². The molecule has 2 rings (SSSR count). The molecule has 1 saturated carbocycles. The number of hydrogen-bond acceptors (Lipinski definition) is 1.